The Kier molecular flexibility index (Phi) is 3.22. The quantitative estimate of drug-likeness (QED) is 0.697. The van der Waals surface area contributed by atoms with E-state index in [2.05, 4.69) is 24.2 Å². The Hall–Kier alpha value is -0.610. The number of likely N-dealkylation sites (N-methyl/N-ethyl adjacent to an activating group) is 1. The van der Waals surface area contributed by atoms with E-state index in [4.69, 9.17) is 0 Å². The monoisotopic (exact) mass is 225 g/mol. The zero-order valence-electron chi connectivity index (χ0n) is 10.6. The molecule has 2 atom stereocenters. The highest BCUT2D eigenvalue weighted by molar-refractivity contribution is 5.86. The minimum Gasteiger partial charge on any atom is -0.338 e. The maximum Gasteiger partial charge on any atom is 0.242 e. The molecule has 2 rings (SSSR count). The Morgan fingerprint density at radius 3 is 2.75 bits per heavy atom. The minimum atomic E-state index is -0.296. The second kappa shape index (κ2) is 4.34. The van der Waals surface area contributed by atoms with Gasteiger partial charge in [-0.25, -0.2) is 0 Å². The van der Waals surface area contributed by atoms with Crippen molar-refractivity contribution in [2.75, 3.05) is 33.2 Å². The fraction of sp³-hybridized carbons (Fsp3) is 0.917. The SMILES string of the molecule is CC1CN(C(=O)C2(C)CCCN2)CCN1C. The molecular weight excluding hydrogens is 202 g/mol. The largest absolute Gasteiger partial charge is 0.338 e. The van der Waals surface area contributed by atoms with Gasteiger partial charge >= 0.3 is 0 Å². The molecule has 1 amide bonds. The molecule has 1 N–H and O–H groups in total. The Morgan fingerprint density at radius 2 is 2.19 bits per heavy atom. The van der Waals surface area contributed by atoms with Gasteiger partial charge < -0.3 is 15.1 Å². The van der Waals surface area contributed by atoms with Crippen molar-refractivity contribution in [3.8, 4) is 0 Å². The molecule has 2 fully saturated rings. The molecule has 0 saturated carbocycles. The van der Waals surface area contributed by atoms with E-state index in [0.717, 1.165) is 39.0 Å². The van der Waals surface area contributed by atoms with Crippen molar-refractivity contribution < 1.29 is 4.79 Å². The average molecular weight is 225 g/mol. The summed E-state index contributed by atoms with van der Waals surface area (Å²) in [6.45, 7) is 7.94. The van der Waals surface area contributed by atoms with E-state index in [9.17, 15) is 4.79 Å². The van der Waals surface area contributed by atoms with Crippen LogP contribution >= 0.6 is 0 Å². The number of hydrogen-bond acceptors (Lipinski definition) is 3. The molecule has 4 nitrogen and oxygen atoms in total. The van der Waals surface area contributed by atoms with Gasteiger partial charge in [-0.1, -0.05) is 0 Å². The number of nitrogens with zero attached hydrogens (tertiary/aromatic N) is 2. The van der Waals surface area contributed by atoms with Crippen LogP contribution < -0.4 is 5.32 Å². The maximum atomic E-state index is 12.4. The lowest BCUT2D eigenvalue weighted by Gasteiger charge is -2.40. The first-order valence-electron chi connectivity index (χ1n) is 6.27. The highest BCUT2D eigenvalue weighted by Crippen LogP contribution is 2.22. The minimum absolute atomic E-state index is 0.296. The summed E-state index contributed by atoms with van der Waals surface area (Å²) in [5.74, 6) is 0.296. The Morgan fingerprint density at radius 1 is 1.44 bits per heavy atom. The van der Waals surface area contributed by atoms with Crippen LogP contribution in [0.4, 0.5) is 0 Å². The highest BCUT2D eigenvalue weighted by atomic mass is 16.2. The molecule has 0 aromatic carbocycles. The van der Waals surface area contributed by atoms with Crippen LogP contribution in [0.3, 0.4) is 0 Å². The Bertz CT molecular complexity index is 273. The molecule has 4 heteroatoms. The first-order chi connectivity index (χ1) is 7.53. The van der Waals surface area contributed by atoms with Crippen molar-refractivity contribution in [1.29, 1.82) is 0 Å². The van der Waals surface area contributed by atoms with Crippen LogP contribution in [0.15, 0.2) is 0 Å². The molecule has 0 spiro atoms. The molecule has 0 bridgehead atoms. The number of piperazine rings is 1. The van der Waals surface area contributed by atoms with E-state index in [1.165, 1.54) is 0 Å². The predicted molar refractivity (Wildman–Crippen MR) is 64.3 cm³/mol. The van der Waals surface area contributed by atoms with E-state index < -0.39 is 0 Å². The summed E-state index contributed by atoms with van der Waals surface area (Å²) < 4.78 is 0. The molecule has 2 aliphatic heterocycles. The number of hydrogen-bond donors (Lipinski definition) is 1. The Labute approximate surface area is 98.0 Å². The molecular formula is C12H23N3O. The van der Waals surface area contributed by atoms with Crippen LogP contribution in [0, 0.1) is 0 Å². The van der Waals surface area contributed by atoms with Crippen molar-refractivity contribution in [2.24, 2.45) is 0 Å². The predicted octanol–water partition coefficient (Wildman–Crippen LogP) is 0.291. The second-order valence-electron chi connectivity index (χ2n) is 5.44. The fourth-order valence-electron chi connectivity index (χ4n) is 2.66. The molecule has 0 aliphatic carbocycles. The van der Waals surface area contributed by atoms with E-state index in [1.807, 2.05) is 11.8 Å². The van der Waals surface area contributed by atoms with Crippen molar-refractivity contribution in [2.45, 2.75) is 38.3 Å². The summed E-state index contributed by atoms with van der Waals surface area (Å²) in [5.41, 5.74) is -0.296. The molecule has 2 saturated heterocycles. The van der Waals surface area contributed by atoms with Gasteiger partial charge in [0.1, 0.15) is 0 Å². The van der Waals surface area contributed by atoms with Gasteiger partial charge in [0.15, 0.2) is 0 Å². The van der Waals surface area contributed by atoms with Gasteiger partial charge in [-0.2, -0.15) is 0 Å². The van der Waals surface area contributed by atoms with Crippen LogP contribution in [0.2, 0.25) is 0 Å². The summed E-state index contributed by atoms with van der Waals surface area (Å²) in [5, 5.41) is 3.35. The van der Waals surface area contributed by atoms with Gasteiger partial charge in [0.05, 0.1) is 5.54 Å². The summed E-state index contributed by atoms with van der Waals surface area (Å²) >= 11 is 0. The van der Waals surface area contributed by atoms with Gasteiger partial charge in [-0.3, -0.25) is 4.79 Å². The third-order valence-corrected chi connectivity index (χ3v) is 4.09. The third-order valence-electron chi connectivity index (χ3n) is 4.09. The van der Waals surface area contributed by atoms with Crippen molar-refractivity contribution in [3.05, 3.63) is 0 Å². The third kappa shape index (κ3) is 2.09. The van der Waals surface area contributed by atoms with Gasteiger partial charge in [0, 0.05) is 25.7 Å². The molecule has 2 aliphatic rings. The maximum absolute atomic E-state index is 12.4. The van der Waals surface area contributed by atoms with Crippen LogP contribution in [0.5, 0.6) is 0 Å². The number of carbonyl (C=O) groups excluding carboxylic acids is 1. The number of carbonyl (C=O) groups is 1. The Balaban J connectivity index is 2.00. The van der Waals surface area contributed by atoms with Crippen molar-refractivity contribution in [1.82, 2.24) is 15.1 Å². The fourth-order valence-corrected chi connectivity index (χ4v) is 2.66. The zero-order chi connectivity index (χ0) is 11.8. The summed E-state index contributed by atoms with van der Waals surface area (Å²) in [6, 6.07) is 0.475. The first-order valence-corrected chi connectivity index (χ1v) is 6.27. The lowest BCUT2D eigenvalue weighted by Crippen LogP contribution is -2.59. The summed E-state index contributed by atoms with van der Waals surface area (Å²) in [4.78, 5) is 16.8. The van der Waals surface area contributed by atoms with E-state index in [-0.39, 0.29) is 5.54 Å². The van der Waals surface area contributed by atoms with Gasteiger partial charge in [0.2, 0.25) is 5.91 Å². The number of rotatable bonds is 1. The van der Waals surface area contributed by atoms with Gasteiger partial charge in [-0.15, -0.1) is 0 Å². The topological polar surface area (TPSA) is 35.6 Å². The first kappa shape index (κ1) is 11.9. The second-order valence-corrected chi connectivity index (χ2v) is 5.44. The van der Waals surface area contributed by atoms with E-state index in [0.29, 0.717) is 11.9 Å². The zero-order valence-corrected chi connectivity index (χ0v) is 10.6. The van der Waals surface area contributed by atoms with Crippen LogP contribution in [-0.2, 0) is 4.79 Å². The van der Waals surface area contributed by atoms with Crippen LogP contribution in [0.25, 0.3) is 0 Å². The summed E-state index contributed by atoms with van der Waals surface area (Å²) in [7, 11) is 2.13. The normalized spacial score (nSPS) is 36.7. The lowest BCUT2D eigenvalue weighted by atomic mass is 9.97. The van der Waals surface area contributed by atoms with Crippen molar-refractivity contribution >= 4 is 5.91 Å². The standard InChI is InChI=1S/C12H23N3O/c1-10-9-15(8-7-14(10)3)11(16)12(2)5-4-6-13-12/h10,13H,4-9H2,1-3H3. The molecule has 16 heavy (non-hydrogen) atoms. The number of amides is 1. The highest BCUT2D eigenvalue weighted by Gasteiger charge is 2.40. The van der Waals surface area contributed by atoms with Crippen LogP contribution in [-0.4, -0.2) is 60.5 Å². The van der Waals surface area contributed by atoms with Gasteiger partial charge in [-0.05, 0) is 40.3 Å². The average Bonchev–Trinajstić information content (AvgIpc) is 2.70. The molecule has 92 valence electrons. The van der Waals surface area contributed by atoms with E-state index in [1.54, 1.807) is 0 Å². The van der Waals surface area contributed by atoms with E-state index >= 15 is 0 Å². The molecule has 2 heterocycles. The molecule has 0 radical (unpaired) electrons. The van der Waals surface area contributed by atoms with Gasteiger partial charge in [0.25, 0.3) is 0 Å². The summed E-state index contributed by atoms with van der Waals surface area (Å²) in [6.07, 6.45) is 2.10. The van der Waals surface area contributed by atoms with Crippen molar-refractivity contribution in [3.63, 3.8) is 0 Å². The molecule has 0 aromatic rings. The molecule has 0 aromatic heterocycles. The smallest absolute Gasteiger partial charge is 0.242 e. The number of nitrogens with one attached hydrogen (secondary N) is 1. The molecule has 2 unspecified atom stereocenters. The van der Waals surface area contributed by atoms with Crippen LogP contribution in [0.1, 0.15) is 26.7 Å². The lowest BCUT2D eigenvalue weighted by molar-refractivity contribution is -0.139.